The molecule has 3 aromatic carbocycles. The monoisotopic (exact) mass is 869 g/mol. The highest BCUT2D eigenvalue weighted by molar-refractivity contribution is 6.23. The van der Waals surface area contributed by atoms with Crippen LogP contribution in [-0.2, 0) is 9.59 Å². The van der Waals surface area contributed by atoms with E-state index in [9.17, 15) is 29.2 Å². The number of anilines is 2. The molecule has 4 aromatic rings. The third-order valence-electron chi connectivity index (χ3n) is 14.0. The molecule has 0 spiro atoms. The molecule has 5 amide bonds. The van der Waals surface area contributed by atoms with Crippen LogP contribution in [0.5, 0.6) is 5.75 Å². The number of fused-ring (bicyclic) bond motifs is 2. The fourth-order valence-corrected chi connectivity index (χ4v) is 10.8. The minimum Gasteiger partial charge on any atom is -0.488 e. The van der Waals surface area contributed by atoms with Crippen LogP contribution in [0.25, 0.3) is 10.9 Å². The Bertz CT molecular complexity index is 2600. The average molecular weight is 870 g/mol. The molecule has 0 unspecified atom stereocenters. The number of benzene rings is 3. The number of nitrogens with one attached hydrogen (secondary N) is 2. The van der Waals surface area contributed by atoms with E-state index in [0.29, 0.717) is 35.6 Å². The number of piperazine rings is 2. The first-order chi connectivity index (χ1) is 30.6. The van der Waals surface area contributed by atoms with Crippen LogP contribution in [-0.4, -0.2) is 133 Å². The Morgan fingerprint density at radius 3 is 2.19 bits per heavy atom. The van der Waals surface area contributed by atoms with Crippen molar-refractivity contribution in [3.8, 4) is 11.8 Å². The van der Waals surface area contributed by atoms with Crippen LogP contribution in [0, 0.1) is 28.0 Å². The summed E-state index contributed by atoms with van der Waals surface area (Å²) in [6, 6.07) is 18.1. The van der Waals surface area contributed by atoms with Crippen molar-refractivity contribution >= 4 is 51.8 Å². The first-order valence-electron chi connectivity index (χ1n) is 22.0. The normalized spacial score (nSPS) is 23.4. The van der Waals surface area contributed by atoms with Crippen molar-refractivity contribution in [1.82, 2.24) is 30.3 Å². The second kappa shape index (κ2) is 16.6. The number of carbonyl (C=O) groups excluding carboxylic acids is 5. The van der Waals surface area contributed by atoms with Gasteiger partial charge in [0.1, 0.15) is 29.8 Å². The van der Waals surface area contributed by atoms with E-state index in [1.54, 1.807) is 42.6 Å². The zero-order chi connectivity index (χ0) is 45.1. The van der Waals surface area contributed by atoms with E-state index in [4.69, 9.17) is 4.74 Å². The summed E-state index contributed by atoms with van der Waals surface area (Å²) in [6.45, 7) is 16.0. The van der Waals surface area contributed by atoms with E-state index >= 15 is 4.39 Å². The summed E-state index contributed by atoms with van der Waals surface area (Å²) in [6.07, 6.45) is 1.58. The van der Waals surface area contributed by atoms with Gasteiger partial charge in [-0.1, -0.05) is 27.7 Å². The highest BCUT2D eigenvalue weighted by Crippen LogP contribution is 2.56. The van der Waals surface area contributed by atoms with Crippen LogP contribution < -0.4 is 25.2 Å². The Hall–Kier alpha value is -6.44. The molecule has 4 fully saturated rings. The number of amides is 5. The average Bonchev–Trinajstić information content (AvgIpc) is 3.54. The van der Waals surface area contributed by atoms with E-state index in [-0.39, 0.29) is 47.6 Å². The molecule has 2 N–H and O–H groups in total. The lowest BCUT2D eigenvalue weighted by atomic mass is 9.49. The standard InChI is InChI=1S/C48H52FN9O6/c1-47(2)45(48(3,4)46(47)64-38-13-8-30(28-50)40-33(38)6-5-15-51-40)53-41(60)29-7-11-36(35(49)26-29)57-24-20-55(21-25-57)17-16-54-18-22-56(23-19-54)31-9-10-32-34(27-31)44(63)58(43(32)62)37-12-14-39(59)52-42(37)61/h5-11,13,15,26-27,37,45-46H,12,14,16-25H2,1-4H3,(H,53,60)(H,52,59,61)/t37-,45-,46-/m0/s1. The smallest absolute Gasteiger partial charge is 0.262 e. The van der Waals surface area contributed by atoms with E-state index in [0.717, 1.165) is 68.3 Å². The van der Waals surface area contributed by atoms with E-state index < -0.39 is 46.3 Å². The maximum absolute atomic E-state index is 15.7. The Morgan fingerprint density at radius 2 is 1.53 bits per heavy atom. The molecule has 1 atom stereocenters. The summed E-state index contributed by atoms with van der Waals surface area (Å²) in [7, 11) is 0. The van der Waals surface area contributed by atoms with Crippen molar-refractivity contribution < 1.29 is 33.1 Å². The number of halogens is 1. The number of ether oxygens (including phenoxy) is 1. The first-order valence-corrected chi connectivity index (χ1v) is 22.0. The molecule has 5 heterocycles. The zero-order valence-corrected chi connectivity index (χ0v) is 36.5. The van der Waals surface area contributed by atoms with Crippen molar-refractivity contribution in [2.75, 3.05) is 75.2 Å². The Labute approximate surface area is 371 Å². The number of rotatable bonds is 10. The number of hydrogen-bond acceptors (Lipinski definition) is 12. The van der Waals surface area contributed by atoms with E-state index in [1.807, 2.05) is 23.1 Å². The highest BCUT2D eigenvalue weighted by atomic mass is 19.1. The Morgan fingerprint density at radius 1 is 0.859 bits per heavy atom. The summed E-state index contributed by atoms with van der Waals surface area (Å²) in [5.41, 5.74) is 2.27. The molecule has 1 aromatic heterocycles. The maximum atomic E-state index is 15.7. The van der Waals surface area contributed by atoms with Gasteiger partial charge in [-0.3, -0.25) is 49.0 Å². The second-order valence-electron chi connectivity index (χ2n) is 18.7. The number of carbonyl (C=O) groups is 5. The van der Waals surface area contributed by atoms with Crippen molar-refractivity contribution in [3.63, 3.8) is 0 Å². The van der Waals surface area contributed by atoms with Gasteiger partial charge in [0.25, 0.3) is 17.7 Å². The van der Waals surface area contributed by atoms with Gasteiger partial charge in [-0.05, 0) is 67.1 Å². The number of imide groups is 2. The molecule has 0 radical (unpaired) electrons. The van der Waals surface area contributed by atoms with Gasteiger partial charge >= 0.3 is 0 Å². The van der Waals surface area contributed by atoms with Gasteiger partial charge in [0.05, 0.1) is 27.9 Å². The molecular weight excluding hydrogens is 818 g/mol. The number of piperidine rings is 1. The molecule has 16 heteroatoms. The molecule has 4 aliphatic heterocycles. The quantitative estimate of drug-likeness (QED) is 0.218. The molecule has 5 aliphatic rings. The van der Waals surface area contributed by atoms with Gasteiger partial charge in [-0.15, -0.1) is 0 Å². The highest BCUT2D eigenvalue weighted by Gasteiger charge is 2.64. The summed E-state index contributed by atoms with van der Waals surface area (Å²) in [4.78, 5) is 78.6. The minimum absolute atomic E-state index is 0.0759. The lowest BCUT2D eigenvalue weighted by Gasteiger charge is -2.63. The van der Waals surface area contributed by atoms with Crippen molar-refractivity contribution in [1.29, 1.82) is 5.26 Å². The molecule has 0 bridgehead atoms. The molecule has 3 saturated heterocycles. The minimum atomic E-state index is -0.993. The number of pyridine rings is 1. The van der Waals surface area contributed by atoms with E-state index in [1.165, 1.54) is 6.07 Å². The lowest BCUT2D eigenvalue weighted by molar-refractivity contribution is -0.163. The Balaban J connectivity index is 0.735. The van der Waals surface area contributed by atoms with Crippen LogP contribution in [0.1, 0.15) is 77.2 Å². The predicted molar refractivity (Wildman–Crippen MR) is 237 cm³/mol. The zero-order valence-electron chi connectivity index (χ0n) is 36.5. The topological polar surface area (TPSA) is 172 Å². The van der Waals surface area contributed by atoms with Gasteiger partial charge in [-0.2, -0.15) is 5.26 Å². The number of nitriles is 1. The third kappa shape index (κ3) is 7.60. The molecule has 1 saturated carbocycles. The molecule has 9 rings (SSSR count). The molecule has 15 nitrogen and oxygen atoms in total. The summed E-state index contributed by atoms with van der Waals surface area (Å²) < 4.78 is 22.4. The Kier molecular flexibility index (Phi) is 11.1. The van der Waals surface area contributed by atoms with Crippen LogP contribution in [0.2, 0.25) is 0 Å². The summed E-state index contributed by atoms with van der Waals surface area (Å²) >= 11 is 0. The number of aromatic nitrogens is 1. The van der Waals surface area contributed by atoms with Crippen LogP contribution in [0.4, 0.5) is 15.8 Å². The van der Waals surface area contributed by atoms with Crippen molar-refractivity contribution in [2.45, 2.75) is 58.7 Å². The molecule has 64 heavy (non-hydrogen) atoms. The van der Waals surface area contributed by atoms with Gasteiger partial charge in [0, 0.05) is 112 Å². The third-order valence-corrected chi connectivity index (χ3v) is 14.0. The maximum Gasteiger partial charge on any atom is 0.262 e. The molecule has 332 valence electrons. The molecule has 1 aliphatic carbocycles. The van der Waals surface area contributed by atoms with Crippen LogP contribution in [0.3, 0.4) is 0 Å². The van der Waals surface area contributed by atoms with Crippen LogP contribution in [0.15, 0.2) is 66.9 Å². The lowest BCUT2D eigenvalue weighted by Crippen LogP contribution is -2.74. The largest absolute Gasteiger partial charge is 0.488 e. The van der Waals surface area contributed by atoms with Gasteiger partial charge < -0.3 is 19.9 Å². The summed E-state index contributed by atoms with van der Waals surface area (Å²) in [5.74, 6) is -2.19. The van der Waals surface area contributed by atoms with Gasteiger partial charge in [0.15, 0.2) is 0 Å². The van der Waals surface area contributed by atoms with E-state index in [2.05, 4.69) is 64.1 Å². The number of nitrogens with zero attached hydrogens (tertiary/aromatic N) is 7. The fraction of sp³-hybridized carbons (Fsp3) is 0.438. The first kappa shape index (κ1) is 42.8. The SMILES string of the molecule is CC1(C)[C@H](NC(=O)c2ccc(N3CCN(CCN4CCN(c5ccc6c(c5)C(=O)N([C@H]5CCC(=O)NC5=O)C6=O)CC4)CC3)c(F)c2)C(C)(C)[C@H]1Oc1ccc(C#N)c2ncccc12. The molecular formula is C48H52FN9O6. The van der Waals surface area contributed by atoms with Crippen molar-refractivity contribution in [2.24, 2.45) is 10.8 Å². The summed E-state index contributed by atoms with van der Waals surface area (Å²) in [5, 5.41) is 15.7. The van der Waals surface area contributed by atoms with Crippen LogP contribution >= 0.6 is 0 Å². The number of hydrogen-bond donors (Lipinski definition) is 2. The van der Waals surface area contributed by atoms with Crippen molar-refractivity contribution in [3.05, 3.63) is 94.9 Å². The predicted octanol–water partition coefficient (Wildman–Crippen LogP) is 4.20. The second-order valence-corrected chi connectivity index (χ2v) is 18.7. The fourth-order valence-electron chi connectivity index (χ4n) is 10.8. The van der Waals surface area contributed by atoms with Gasteiger partial charge in [0.2, 0.25) is 11.8 Å². The van der Waals surface area contributed by atoms with Gasteiger partial charge in [-0.25, -0.2) is 4.39 Å².